The van der Waals surface area contributed by atoms with E-state index in [1.165, 1.54) is 17.8 Å². The number of ether oxygens (including phenoxy) is 1. The first-order valence-electron chi connectivity index (χ1n) is 9.80. The van der Waals surface area contributed by atoms with Gasteiger partial charge in [-0.15, -0.1) is 11.3 Å². The van der Waals surface area contributed by atoms with Crippen molar-refractivity contribution in [2.45, 2.75) is 25.3 Å². The smallest absolute Gasteiger partial charge is 0.409 e. The van der Waals surface area contributed by atoms with Crippen LogP contribution in [0.5, 0.6) is 0 Å². The number of fused-ring (bicyclic) bond motifs is 4. The molecule has 33 heavy (non-hydrogen) atoms. The monoisotopic (exact) mass is 500 g/mol. The van der Waals surface area contributed by atoms with Crippen molar-refractivity contribution in [2.75, 3.05) is 11.1 Å². The third kappa shape index (κ3) is 3.48. The zero-order chi connectivity index (χ0) is 23.3. The molecule has 2 aromatic carbocycles. The molecule has 5 rings (SSSR count). The van der Waals surface area contributed by atoms with Gasteiger partial charge >= 0.3 is 6.09 Å². The minimum Gasteiger partial charge on any atom is -0.465 e. The van der Waals surface area contributed by atoms with Crippen LogP contribution in [0.1, 0.15) is 23.6 Å². The number of aromatic nitrogens is 2. The second-order valence-corrected chi connectivity index (χ2v) is 9.76. The Morgan fingerprint density at radius 3 is 2.94 bits per heavy atom. The largest absolute Gasteiger partial charge is 0.465 e. The Kier molecular flexibility index (Phi) is 5.58. The van der Waals surface area contributed by atoms with Gasteiger partial charge in [0.2, 0.25) is 0 Å². The quantitative estimate of drug-likeness (QED) is 0.246. The van der Waals surface area contributed by atoms with E-state index in [4.69, 9.17) is 21.4 Å². The number of halogens is 2. The normalized spacial score (nSPS) is 12.8. The van der Waals surface area contributed by atoms with Crippen molar-refractivity contribution >= 4 is 66.8 Å². The number of nitrogens with one attached hydrogen (secondary N) is 1. The summed E-state index contributed by atoms with van der Waals surface area (Å²) in [5, 5.41) is 23.3. The summed E-state index contributed by atoms with van der Waals surface area (Å²) in [6, 6.07) is 4.88. The molecule has 0 radical (unpaired) electrons. The summed E-state index contributed by atoms with van der Waals surface area (Å²) in [4.78, 5) is 20.3. The van der Waals surface area contributed by atoms with E-state index >= 15 is 0 Å². The number of nitriles is 1. The van der Waals surface area contributed by atoms with Gasteiger partial charge in [-0.1, -0.05) is 36.4 Å². The second-order valence-electron chi connectivity index (χ2n) is 7.13. The van der Waals surface area contributed by atoms with Crippen LogP contribution < -0.4 is 5.32 Å². The molecule has 3 heterocycles. The van der Waals surface area contributed by atoms with Crippen molar-refractivity contribution in [1.29, 1.82) is 5.26 Å². The summed E-state index contributed by atoms with van der Waals surface area (Å²) in [5.74, 6) is 0.241. The topological polar surface area (TPSA) is 108 Å². The molecule has 2 aromatic heterocycles. The highest BCUT2D eigenvalue weighted by Crippen LogP contribution is 2.48. The number of carboxylic acid groups (broad SMARTS) is 1. The van der Waals surface area contributed by atoms with Gasteiger partial charge in [0.25, 0.3) is 0 Å². The fourth-order valence-electron chi connectivity index (χ4n) is 4.05. The van der Waals surface area contributed by atoms with E-state index in [0.29, 0.717) is 38.8 Å². The van der Waals surface area contributed by atoms with Crippen LogP contribution in [0, 0.1) is 17.1 Å². The molecule has 1 amide bonds. The SMILES string of the molecule is CCSc1ncc2c3c(c(-c4ccc(F)c5sc(NC(=O)O)c(C#N)c45)c(Cl)c2n1)COC3. The van der Waals surface area contributed by atoms with Crippen molar-refractivity contribution in [3.8, 4) is 17.2 Å². The maximum absolute atomic E-state index is 14.8. The Balaban J connectivity index is 1.88. The maximum atomic E-state index is 14.8. The van der Waals surface area contributed by atoms with Crippen LogP contribution in [0.15, 0.2) is 23.5 Å². The van der Waals surface area contributed by atoms with Crippen molar-refractivity contribution in [3.63, 3.8) is 0 Å². The van der Waals surface area contributed by atoms with Crippen molar-refractivity contribution < 1.29 is 19.0 Å². The highest BCUT2D eigenvalue weighted by molar-refractivity contribution is 7.99. The van der Waals surface area contributed by atoms with E-state index in [1.54, 1.807) is 12.3 Å². The lowest BCUT2D eigenvalue weighted by molar-refractivity contribution is 0.135. The molecule has 0 fully saturated rings. The average molecular weight is 501 g/mol. The van der Waals surface area contributed by atoms with E-state index in [2.05, 4.69) is 15.3 Å². The predicted octanol–water partition coefficient (Wildman–Crippen LogP) is 6.41. The minimum absolute atomic E-state index is 0.0423. The Morgan fingerprint density at radius 2 is 2.21 bits per heavy atom. The van der Waals surface area contributed by atoms with Gasteiger partial charge in [-0.3, -0.25) is 5.32 Å². The average Bonchev–Trinajstić information content (AvgIpc) is 3.40. The van der Waals surface area contributed by atoms with Crippen LogP contribution in [0.4, 0.5) is 14.2 Å². The maximum Gasteiger partial charge on any atom is 0.409 e. The summed E-state index contributed by atoms with van der Waals surface area (Å²) in [5.41, 5.74) is 3.44. The number of amides is 1. The molecule has 0 spiro atoms. The van der Waals surface area contributed by atoms with Crippen molar-refractivity contribution in [1.82, 2.24) is 9.97 Å². The molecule has 2 N–H and O–H groups in total. The standard InChI is InChI=1S/C22H14ClFN4O3S2/c1-2-32-21-26-6-11-12-7-31-8-13(12)15(17(23)18(11)27-21)9-3-4-14(24)19-16(9)10(5-25)20(33-19)28-22(29)30/h3-4,6,28H,2,7-8H2,1H3,(H,29,30). The highest BCUT2D eigenvalue weighted by atomic mass is 35.5. The third-order valence-electron chi connectivity index (χ3n) is 5.34. The van der Waals surface area contributed by atoms with Gasteiger partial charge in [0.05, 0.1) is 34.0 Å². The second kappa shape index (κ2) is 8.43. The van der Waals surface area contributed by atoms with Crippen LogP contribution in [0.25, 0.3) is 32.1 Å². The van der Waals surface area contributed by atoms with Gasteiger partial charge in [-0.25, -0.2) is 19.2 Å². The lowest BCUT2D eigenvalue weighted by Crippen LogP contribution is -2.06. The van der Waals surface area contributed by atoms with Gasteiger partial charge < -0.3 is 9.84 Å². The molecule has 1 aliphatic rings. The fraction of sp³-hybridized carbons (Fsp3) is 0.182. The number of carbonyl (C=O) groups is 1. The zero-order valence-corrected chi connectivity index (χ0v) is 19.4. The van der Waals surface area contributed by atoms with Gasteiger partial charge in [0, 0.05) is 22.5 Å². The molecule has 11 heteroatoms. The van der Waals surface area contributed by atoms with Gasteiger partial charge in [0.1, 0.15) is 16.9 Å². The molecule has 0 saturated carbocycles. The Bertz CT molecular complexity index is 1520. The van der Waals surface area contributed by atoms with E-state index in [9.17, 15) is 14.4 Å². The number of rotatable bonds is 4. The molecule has 0 bridgehead atoms. The summed E-state index contributed by atoms with van der Waals surface area (Å²) in [6.45, 7) is 2.64. The minimum atomic E-state index is -1.34. The highest BCUT2D eigenvalue weighted by Gasteiger charge is 2.28. The fourth-order valence-corrected chi connectivity index (χ4v) is 6.02. The van der Waals surface area contributed by atoms with Gasteiger partial charge in [0.15, 0.2) is 5.16 Å². The zero-order valence-electron chi connectivity index (χ0n) is 17.0. The number of anilines is 1. The Labute approximate surface area is 200 Å². The molecule has 0 aliphatic carbocycles. The van der Waals surface area contributed by atoms with Crippen LogP contribution in [-0.4, -0.2) is 26.9 Å². The molecular formula is C22H14ClFN4O3S2. The molecule has 4 aromatic rings. The van der Waals surface area contributed by atoms with Crippen molar-refractivity contribution in [2.24, 2.45) is 0 Å². The summed E-state index contributed by atoms with van der Waals surface area (Å²) < 4.78 is 20.6. The first-order chi connectivity index (χ1) is 15.9. The predicted molar refractivity (Wildman–Crippen MR) is 127 cm³/mol. The molecule has 166 valence electrons. The van der Waals surface area contributed by atoms with E-state index in [-0.39, 0.29) is 21.9 Å². The van der Waals surface area contributed by atoms with Crippen LogP contribution >= 0.6 is 34.7 Å². The number of nitrogens with zero attached hydrogens (tertiary/aromatic N) is 3. The van der Waals surface area contributed by atoms with Crippen LogP contribution in [0.3, 0.4) is 0 Å². The molecule has 0 atom stereocenters. The number of hydrogen-bond donors (Lipinski definition) is 2. The molecular weight excluding hydrogens is 487 g/mol. The Hall–Kier alpha value is -2.97. The lowest BCUT2D eigenvalue weighted by Gasteiger charge is -2.15. The first-order valence-corrected chi connectivity index (χ1v) is 12.0. The number of thioether (sulfide) groups is 1. The molecule has 0 unspecified atom stereocenters. The van der Waals surface area contributed by atoms with Gasteiger partial charge in [-0.2, -0.15) is 5.26 Å². The van der Waals surface area contributed by atoms with E-state index in [0.717, 1.165) is 33.6 Å². The molecule has 1 aliphatic heterocycles. The van der Waals surface area contributed by atoms with E-state index in [1.807, 2.05) is 13.0 Å². The number of hydrogen-bond acceptors (Lipinski definition) is 7. The lowest BCUT2D eigenvalue weighted by atomic mass is 9.91. The molecule has 7 nitrogen and oxygen atoms in total. The summed E-state index contributed by atoms with van der Waals surface area (Å²) >= 11 is 9.28. The van der Waals surface area contributed by atoms with E-state index < -0.39 is 11.9 Å². The molecule has 0 saturated heterocycles. The third-order valence-corrected chi connectivity index (χ3v) is 7.57. The number of thiophene rings is 1. The van der Waals surface area contributed by atoms with Gasteiger partial charge in [-0.05, 0) is 28.5 Å². The van der Waals surface area contributed by atoms with Crippen LogP contribution in [0.2, 0.25) is 5.02 Å². The van der Waals surface area contributed by atoms with Crippen LogP contribution in [-0.2, 0) is 18.0 Å². The Morgan fingerprint density at radius 1 is 1.42 bits per heavy atom. The van der Waals surface area contributed by atoms with Crippen molar-refractivity contribution in [3.05, 3.63) is 45.9 Å². The summed E-state index contributed by atoms with van der Waals surface area (Å²) in [7, 11) is 0. The number of benzene rings is 2. The first kappa shape index (κ1) is 21.9. The summed E-state index contributed by atoms with van der Waals surface area (Å²) in [6.07, 6.45) is 0.403.